The highest BCUT2D eigenvalue weighted by molar-refractivity contribution is 5.68. The number of piperazine rings is 1. The zero-order chi connectivity index (χ0) is 12.5. The maximum absolute atomic E-state index is 10.1. The van der Waals surface area contributed by atoms with Gasteiger partial charge in [0.1, 0.15) is 5.75 Å². The Balaban J connectivity index is 1.86. The zero-order valence-electron chi connectivity index (χ0n) is 10.9. The van der Waals surface area contributed by atoms with Crippen LogP contribution in [-0.4, -0.2) is 49.8 Å². The van der Waals surface area contributed by atoms with Crippen LogP contribution in [0.3, 0.4) is 0 Å². The summed E-state index contributed by atoms with van der Waals surface area (Å²) in [4.78, 5) is 4.70. The van der Waals surface area contributed by atoms with E-state index in [9.17, 15) is 5.11 Å². The van der Waals surface area contributed by atoms with Gasteiger partial charge in [0.15, 0.2) is 0 Å². The molecular weight excluding hydrogens is 226 g/mol. The summed E-state index contributed by atoms with van der Waals surface area (Å²) in [5.41, 5.74) is 3.35. The van der Waals surface area contributed by atoms with Crippen molar-refractivity contribution in [3.8, 4) is 5.75 Å². The lowest BCUT2D eigenvalue weighted by Crippen LogP contribution is -2.44. The Labute approximate surface area is 108 Å². The van der Waals surface area contributed by atoms with Gasteiger partial charge in [-0.25, -0.2) is 0 Å². The molecule has 2 heterocycles. The van der Waals surface area contributed by atoms with Gasteiger partial charge in [0.05, 0.1) is 0 Å². The van der Waals surface area contributed by atoms with Crippen LogP contribution in [0.5, 0.6) is 5.75 Å². The minimum absolute atomic E-state index is 0.452. The number of fused-ring (bicyclic) bond motifs is 1. The Kier molecular flexibility index (Phi) is 3.04. The second kappa shape index (κ2) is 4.69. The molecule has 18 heavy (non-hydrogen) atoms. The van der Waals surface area contributed by atoms with E-state index in [2.05, 4.69) is 28.2 Å². The fourth-order valence-electron chi connectivity index (χ4n) is 2.80. The molecule has 0 saturated carbocycles. The van der Waals surface area contributed by atoms with E-state index in [0.717, 1.165) is 62.5 Å². The molecule has 0 aromatic heterocycles. The van der Waals surface area contributed by atoms with E-state index in [1.54, 1.807) is 0 Å². The number of nitrogens with one attached hydrogen (secondary N) is 1. The number of hydrogen-bond acceptors (Lipinski definition) is 4. The normalized spacial score (nSPS) is 20.4. The molecule has 4 nitrogen and oxygen atoms in total. The zero-order valence-corrected chi connectivity index (χ0v) is 10.9. The first-order valence-corrected chi connectivity index (χ1v) is 6.77. The van der Waals surface area contributed by atoms with E-state index in [1.165, 1.54) is 0 Å². The first-order valence-electron chi connectivity index (χ1n) is 6.77. The van der Waals surface area contributed by atoms with E-state index in [0.29, 0.717) is 5.75 Å². The lowest BCUT2D eigenvalue weighted by Gasteiger charge is -2.35. The maximum atomic E-state index is 10.1. The Bertz CT molecular complexity index is 439. The van der Waals surface area contributed by atoms with Crippen molar-refractivity contribution in [2.45, 2.75) is 12.8 Å². The average Bonchev–Trinajstić information content (AvgIpc) is 2.39. The quantitative estimate of drug-likeness (QED) is 0.789. The van der Waals surface area contributed by atoms with Gasteiger partial charge in [0.25, 0.3) is 0 Å². The van der Waals surface area contributed by atoms with E-state index >= 15 is 0 Å². The topological polar surface area (TPSA) is 38.7 Å². The van der Waals surface area contributed by atoms with Crippen LogP contribution in [0.4, 0.5) is 11.4 Å². The summed E-state index contributed by atoms with van der Waals surface area (Å²) in [5, 5.41) is 13.5. The molecule has 0 unspecified atom stereocenters. The largest absolute Gasteiger partial charge is 0.508 e. The molecule has 1 aromatic rings. The Morgan fingerprint density at radius 3 is 2.72 bits per heavy atom. The number of benzene rings is 1. The number of phenols is 1. The number of hydrogen-bond donors (Lipinski definition) is 2. The van der Waals surface area contributed by atoms with Gasteiger partial charge < -0.3 is 20.2 Å². The number of phenolic OH excluding ortho intramolecular Hbond substituents is 1. The molecule has 98 valence electrons. The Morgan fingerprint density at radius 2 is 1.94 bits per heavy atom. The van der Waals surface area contributed by atoms with Crippen LogP contribution in [0.25, 0.3) is 0 Å². The summed E-state index contributed by atoms with van der Waals surface area (Å²) >= 11 is 0. The molecule has 2 aliphatic rings. The van der Waals surface area contributed by atoms with E-state index < -0.39 is 0 Å². The SMILES string of the molecule is CN1CCN(c2cc(O)c3c(c2)NCCC3)CC1. The molecule has 0 aliphatic carbocycles. The third-order valence-electron chi connectivity index (χ3n) is 4.00. The molecule has 1 saturated heterocycles. The first kappa shape index (κ1) is 11.7. The van der Waals surface area contributed by atoms with Crippen molar-refractivity contribution in [3.63, 3.8) is 0 Å². The second-order valence-electron chi connectivity index (χ2n) is 5.31. The summed E-state index contributed by atoms with van der Waals surface area (Å²) in [7, 11) is 2.16. The molecule has 2 aliphatic heterocycles. The summed E-state index contributed by atoms with van der Waals surface area (Å²) in [6.07, 6.45) is 2.09. The van der Waals surface area contributed by atoms with Crippen LogP contribution in [0, 0.1) is 0 Å². The Hall–Kier alpha value is -1.42. The van der Waals surface area contributed by atoms with Gasteiger partial charge in [-0.15, -0.1) is 0 Å². The van der Waals surface area contributed by atoms with Crippen molar-refractivity contribution < 1.29 is 5.11 Å². The maximum Gasteiger partial charge on any atom is 0.122 e. The standard InChI is InChI=1S/C14H21N3O/c1-16-5-7-17(8-6-16)11-9-13-12(14(18)10-11)3-2-4-15-13/h9-10,15,18H,2-8H2,1H3. The highest BCUT2D eigenvalue weighted by Crippen LogP contribution is 2.35. The molecular formula is C14H21N3O. The molecule has 0 amide bonds. The minimum atomic E-state index is 0.452. The van der Waals surface area contributed by atoms with Crippen LogP contribution in [0.2, 0.25) is 0 Å². The van der Waals surface area contributed by atoms with Crippen molar-refractivity contribution in [3.05, 3.63) is 17.7 Å². The summed E-state index contributed by atoms with van der Waals surface area (Å²) in [6.45, 7) is 5.26. The van der Waals surface area contributed by atoms with Crippen molar-refractivity contribution >= 4 is 11.4 Å². The predicted octanol–water partition coefficient (Wildman–Crippen LogP) is 1.50. The lowest BCUT2D eigenvalue weighted by molar-refractivity contribution is 0.312. The number of rotatable bonds is 1. The highest BCUT2D eigenvalue weighted by atomic mass is 16.3. The van der Waals surface area contributed by atoms with Crippen molar-refractivity contribution in [1.29, 1.82) is 0 Å². The van der Waals surface area contributed by atoms with Crippen LogP contribution in [-0.2, 0) is 6.42 Å². The van der Waals surface area contributed by atoms with Gasteiger partial charge in [-0.3, -0.25) is 0 Å². The molecule has 1 aromatic carbocycles. The predicted molar refractivity (Wildman–Crippen MR) is 74.6 cm³/mol. The molecule has 0 spiro atoms. The Morgan fingerprint density at radius 1 is 1.17 bits per heavy atom. The van der Waals surface area contributed by atoms with Gasteiger partial charge in [0, 0.05) is 55.7 Å². The van der Waals surface area contributed by atoms with Crippen LogP contribution < -0.4 is 10.2 Å². The molecule has 1 fully saturated rings. The highest BCUT2D eigenvalue weighted by Gasteiger charge is 2.19. The molecule has 2 N–H and O–H groups in total. The summed E-state index contributed by atoms with van der Waals surface area (Å²) in [5.74, 6) is 0.452. The van der Waals surface area contributed by atoms with Gasteiger partial charge >= 0.3 is 0 Å². The number of aromatic hydroxyl groups is 1. The average molecular weight is 247 g/mol. The fraction of sp³-hybridized carbons (Fsp3) is 0.571. The molecule has 3 rings (SSSR count). The van der Waals surface area contributed by atoms with Gasteiger partial charge in [-0.2, -0.15) is 0 Å². The van der Waals surface area contributed by atoms with Crippen molar-refractivity contribution in [2.24, 2.45) is 0 Å². The van der Waals surface area contributed by atoms with Crippen LogP contribution in [0.15, 0.2) is 12.1 Å². The van der Waals surface area contributed by atoms with E-state index in [1.807, 2.05) is 6.07 Å². The second-order valence-corrected chi connectivity index (χ2v) is 5.31. The number of likely N-dealkylation sites (N-methyl/N-ethyl adjacent to an activating group) is 1. The molecule has 4 heteroatoms. The van der Waals surface area contributed by atoms with Gasteiger partial charge in [-0.05, 0) is 26.0 Å². The van der Waals surface area contributed by atoms with Crippen molar-refractivity contribution in [1.82, 2.24) is 4.90 Å². The van der Waals surface area contributed by atoms with Crippen LogP contribution in [0.1, 0.15) is 12.0 Å². The molecule has 0 radical (unpaired) electrons. The van der Waals surface area contributed by atoms with E-state index in [4.69, 9.17) is 0 Å². The monoisotopic (exact) mass is 247 g/mol. The fourth-order valence-corrected chi connectivity index (χ4v) is 2.80. The molecule has 0 atom stereocenters. The number of anilines is 2. The third kappa shape index (κ3) is 2.12. The summed E-state index contributed by atoms with van der Waals surface area (Å²) < 4.78 is 0. The summed E-state index contributed by atoms with van der Waals surface area (Å²) in [6, 6.07) is 4.12. The minimum Gasteiger partial charge on any atom is -0.508 e. The molecule has 0 bridgehead atoms. The van der Waals surface area contributed by atoms with Crippen molar-refractivity contribution in [2.75, 3.05) is 50.0 Å². The van der Waals surface area contributed by atoms with E-state index in [-0.39, 0.29) is 0 Å². The van der Waals surface area contributed by atoms with Crippen LogP contribution >= 0.6 is 0 Å². The lowest BCUT2D eigenvalue weighted by atomic mass is 10.0. The third-order valence-corrected chi connectivity index (χ3v) is 4.00. The smallest absolute Gasteiger partial charge is 0.122 e. The van der Waals surface area contributed by atoms with Gasteiger partial charge in [0.2, 0.25) is 0 Å². The van der Waals surface area contributed by atoms with Gasteiger partial charge in [-0.1, -0.05) is 0 Å². The first-order chi connectivity index (χ1) is 8.74. The number of nitrogens with zero attached hydrogens (tertiary/aromatic N) is 2.